The molecule has 0 radical (unpaired) electrons. The van der Waals surface area contributed by atoms with E-state index in [2.05, 4.69) is 63.5 Å². The number of piperazine rings is 1. The summed E-state index contributed by atoms with van der Waals surface area (Å²) in [5.74, 6) is 0.123. The molecule has 0 unspecified atom stereocenters. The lowest BCUT2D eigenvalue weighted by Gasteiger charge is -2.36. The molecule has 150 valence electrons. The lowest BCUT2D eigenvalue weighted by molar-refractivity contribution is -0.134. The normalized spacial score (nSPS) is 19.0. The lowest BCUT2D eigenvalue weighted by Crippen LogP contribution is -2.50. The van der Waals surface area contributed by atoms with E-state index < -0.39 is 0 Å². The molecule has 2 aliphatic rings. The van der Waals surface area contributed by atoms with Gasteiger partial charge in [-0.1, -0.05) is 72.8 Å². The summed E-state index contributed by atoms with van der Waals surface area (Å²) in [5.41, 5.74) is 3.36. The number of hydrogen-bond acceptors (Lipinski definition) is 4. The molecule has 2 aliphatic heterocycles. The van der Waals surface area contributed by atoms with Crippen LogP contribution in [-0.4, -0.2) is 65.8 Å². The van der Waals surface area contributed by atoms with Gasteiger partial charge in [-0.3, -0.25) is 14.6 Å². The number of rotatable bonds is 6. The summed E-state index contributed by atoms with van der Waals surface area (Å²) < 4.78 is 0. The van der Waals surface area contributed by atoms with Crippen molar-refractivity contribution in [1.82, 2.24) is 14.8 Å². The van der Waals surface area contributed by atoms with Gasteiger partial charge in [0, 0.05) is 45.6 Å². The second-order valence-corrected chi connectivity index (χ2v) is 7.58. The third-order valence-corrected chi connectivity index (χ3v) is 5.48. The summed E-state index contributed by atoms with van der Waals surface area (Å²) in [5, 5.41) is 6.33. The minimum atomic E-state index is 0.123. The predicted octanol–water partition coefficient (Wildman–Crippen LogP) is 3.30. The largest absolute Gasteiger partial charge is 0.297 e. The fourth-order valence-corrected chi connectivity index (χ4v) is 3.75. The molecule has 2 aromatic rings. The van der Waals surface area contributed by atoms with Crippen molar-refractivity contribution in [3.63, 3.8) is 0 Å². The first-order valence-corrected chi connectivity index (χ1v) is 10.4. The van der Waals surface area contributed by atoms with E-state index in [1.54, 1.807) is 5.01 Å². The zero-order valence-corrected chi connectivity index (χ0v) is 16.8. The molecular weight excluding hydrogens is 360 g/mol. The van der Waals surface area contributed by atoms with Crippen molar-refractivity contribution in [3.8, 4) is 0 Å². The first-order chi connectivity index (χ1) is 14.3. The van der Waals surface area contributed by atoms with E-state index in [0.717, 1.165) is 50.4 Å². The molecule has 0 N–H and O–H groups in total. The van der Waals surface area contributed by atoms with E-state index in [1.807, 2.05) is 24.3 Å². The molecule has 1 fully saturated rings. The van der Waals surface area contributed by atoms with Crippen molar-refractivity contribution >= 4 is 17.7 Å². The van der Waals surface area contributed by atoms with Crippen LogP contribution in [0.2, 0.25) is 0 Å². The predicted molar refractivity (Wildman–Crippen MR) is 117 cm³/mol. The van der Waals surface area contributed by atoms with Crippen LogP contribution >= 0.6 is 0 Å². The second kappa shape index (κ2) is 9.63. The Hall–Kier alpha value is -2.76. The molecule has 1 saturated heterocycles. The van der Waals surface area contributed by atoms with Crippen molar-refractivity contribution in [2.45, 2.75) is 12.8 Å². The first-order valence-electron chi connectivity index (χ1n) is 10.4. The average Bonchev–Trinajstić information content (AvgIpc) is 2.78. The molecule has 29 heavy (non-hydrogen) atoms. The molecule has 0 spiro atoms. The summed E-state index contributed by atoms with van der Waals surface area (Å²) in [7, 11) is 0. The van der Waals surface area contributed by atoms with Crippen LogP contribution in [0.25, 0.3) is 6.08 Å². The van der Waals surface area contributed by atoms with Gasteiger partial charge in [-0.25, -0.2) is 5.01 Å². The van der Waals surface area contributed by atoms with E-state index in [4.69, 9.17) is 0 Å². The lowest BCUT2D eigenvalue weighted by atomic mass is 10.0. The molecule has 2 aromatic carbocycles. The summed E-state index contributed by atoms with van der Waals surface area (Å²) in [6.45, 7) is 5.48. The van der Waals surface area contributed by atoms with Crippen molar-refractivity contribution in [1.29, 1.82) is 0 Å². The molecule has 5 nitrogen and oxygen atoms in total. The Kier molecular flexibility index (Phi) is 6.49. The van der Waals surface area contributed by atoms with Gasteiger partial charge in [-0.2, -0.15) is 5.10 Å². The maximum atomic E-state index is 12.4. The molecule has 4 rings (SSSR count). The van der Waals surface area contributed by atoms with Gasteiger partial charge in [0.1, 0.15) is 0 Å². The van der Waals surface area contributed by atoms with Crippen molar-refractivity contribution in [2.75, 3.05) is 39.4 Å². The summed E-state index contributed by atoms with van der Waals surface area (Å²) in [4.78, 5) is 17.1. The van der Waals surface area contributed by atoms with Gasteiger partial charge in [0.05, 0.1) is 12.4 Å². The molecule has 0 bridgehead atoms. The van der Waals surface area contributed by atoms with Gasteiger partial charge in [0.2, 0.25) is 5.91 Å². The van der Waals surface area contributed by atoms with Crippen LogP contribution in [0.4, 0.5) is 0 Å². The number of hydrogen-bond donors (Lipinski definition) is 0. The van der Waals surface area contributed by atoms with Crippen LogP contribution in [0.5, 0.6) is 0 Å². The number of benzene rings is 2. The zero-order chi connectivity index (χ0) is 19.9. The monoisotopic (exact) mass is 388 g/mol. The van der Waals surface area contributed by atoms with Crippen LogP contribution in [0.3, 0.4) is 0 Å². The van der Waals surface area contributed by atoms with Crippen LogP contribution in [0.15, 0.2) is 71.8 Å². The molecule has 5 heteroatoms. The third kappa shape index (κ3) is 5.40. The van der Waals surface area contributed by atoms with Crippen LogP contribution < -0.4 is 0 Å². The average molecular weight is 389 g/mol. The van der Waals surface area contributed by atoms with Gasteiger partial charge >= 0.3 is 0 Å². The molecule has 2 heterocycles. The number of hydrazone groups is 1. The van der Waals surface area contributed by atoms with Crippen molar-refractivity contribution in [2.24, 2.45) is 5.10 Å². The molecular formula is C24H28N4O. The fourth-order valence-electron chi connectivity index (χ4n) is 3.75. The quantitative estimate of drug-likeness (QED) is 0.762. The Morgan fingerprint density at radius 2 is 1.48 bits per heavy atom. The minimum Gasteiger partial charge on any atom is -0.297 e. The van der Waals surface area contributed by atoms with E-state index >= 15 is 0 Å². The van der Waals surface area contributed by atoms with Gasteiger partial charge in [0.15, 0.2) is 0 Å². The second-order valence-electron chi connectivity index (χ2n) is 7.58. The molecule has 0 aliphatic carbocycles. The maximum absolute atomic E-state index is 12.4. The summed E-state index contributed by atoms with van der Waals surface area (Å²) in [6.07, 6.45) is 5.67. The molecule has 1 amide bonds. The number of amides is 1. The van der Waals surface area contributed by atoms with E-state index in [1.165, 1.54) is 5.56 Å². The van der Waals surface area contributed by atoms with Crippen LogP contribution in [0.1, 0.15) is 24.0 Å². The maximum Gasteiger partial charge on any atom is 0.244 e. The van der Waals surface area contributed by atoms with E-state index in [-0.39, 0.29) is 5.91 Å². The van der Waals surface area contributed by atoms with Crippen molar-refractivity contribution in [3.05, 3.63) is 77.9 Å². The SMILES string of the molecule is O=C1CCC(c2ccccc2)=NN1CN1CCN(CC=Cc2ccccc2)CC1. The van der Waals surface area contributed by atoms with Crippen molar-refractivity contribution < 1.29 is 4.79 Å². The first kappa shape index (κ1) is 19.6. The third-order valence-electron chi connectivity index (χ3n) is 5.48. The number of carbonyl (C=O) groups excluding carboxylic acids is 1. The van der Waals surface area contributed by atoms with Gasteiger partial charge in [-0.05, 0) is 11.1 Å². The highest BCUT2D eigenvalue weighted by atomic mass is 16.2. The Bertz CT molecular complexity index is 855. The van der Waals surface area contributed by atoms with E-state index in [9.17, 15) is 4.79 Å². The van der Waals surface area contributed by atoms with Gasteiger partial charge in [-0.15, -0.1) is 0 Å². The standard InChI is InChI=1S/C24H28N4O/c29-24-14-13-23(22-11-5-2-6-12-22)25-28(24)20-27-18-16-26(17-19-27)15-7-10-21-8-3-1-4-9-21/h1-12H,13-20H2. The topological polar surface area (TPSA) is 39.2 Å². The van der Waals surface area contributed by atoms with Gasteiger partial charge in [0.25, 0.3) is 0 Å². The molecule has 0 aromatic heterocycles. The highest BCUT2D eigenvalue weighted by Gasteiger charge is 2.25. The Labute approximate surface area is 172 Å². The summed E-state index contributed by atoms with van der Waals surface area (Å²) in [6, 6.07) is 20.6. The Balaban J connectivity index is 1.27. The molecule has 0 atom stereocenters. The summed E-state index contributed by atoms with van der Waals surface area (Å²) >= 11 is 0. The van der Waals surface area contributed by atoms with E-state index in [0.29, 0.717) is 13.1 Å². The van der Waals surface area contributed by atoms with Crippen LogP contribution in [-0.2, 0) is 4.79 Å². The smallest absolute Gasteiger partial charge is 0.244 e. The number of nitrogens with zero attached hydrogens (tertiary/aromatic N) is 4. The zero-order valence-electron chi connectivity index (χ0n) is 16.8. The Morgan fingerprint density at radius 3 is 2.21 bits per heavy atom. The van der Waals surface area contributed by atoms with Crippen LogP contribution in [0, 0.1) is 0 Å². The molecule has 0 saturated carbocycles. The minimum absolute atomic E-state index is 0.123. The number of carbonyl (C=O) groups is 1. The highest BCUT2D eigenvalue weighted by molar-refractivity contribution is 6.04. The Morgan fingerprint density at radius 1 is 0.828 bits per heavy atom. The van der Waals surface area contributed by atoms with Gasteiger partial charge < -0.3 is 0 Å². The fraction of sp³-hybridized carbons (Fsp3) is 0.333. The highest BCUT2D eigenvalue weighted by Crippen LogP contribution is 2.16.